The van der Waals surface area contributed by atoms with Crippen LogP contribution in [0.3, 0.4) is 0 Å². The molecule has 1 atom stereocenters. The van der Waals surface area contributed by atoms with E-state index in [1.165, 1.54) is 17.2 Å². The van der Waals surface area contributed by atoms with Crippen LogP contribution in [0.5, 0.6) is 17.2 Å². The van der Waals surface area contributed by atoms with Gasteiger partial charge in [0.25, 0.3) is 11.8 Å². The van der Waals surface area contributed by atoms with Gasteiger partial charge in [-0.05, 0) is 36.4 Å². The van der Waals surface area contributed by atoms with Crippen LogP contribution in [0, 0.1) is 11.8 Å². The normalized spacial score (nSPS) is 17.9. The summed E-state index contributed by atoms with van der Waals surface area (Å²) < 4.78 is 25.8. The maximum absolute atomic E-state index is 14.2. The van der Waals surface area contributed by atoms with E-state index in [-0.39, 0.29) is 31.3 Å². The maximum atomic E-state index is 14.2. The topological polar surface area (TPSA) is 92.8 Å². The third-order valence-electron chi connectivity index (χ3n) is 5.84. The minimum absolute atomic E-state index is 0.0631. The van der Waals surface area contributed by atoms with Gasteiger partial charge in [0.15, 0.2) is 5.67 Å². The number of amides is 2. The van der Waals surface area contributed by atoms with Crippen LogP contribution in [0.2, 0.25) is 0 Å². The molecule has 5 rings (SSSR count). The molecule has 3 aromatic rings. The molecule has 1 saturated heterocycles. The van der Waals surface area contributed by atoms with Gasteiger partial charge in [-0.3, -0.25) is 14.6 Å². The minimum Gasteiger partial charge on any atom is -0.489 e. The highest BCUT2D eigenvalue weighted by molar-refractivity contribution is 6.03. The average molecular weight is 487 g/mol. The van der Waals surface area contributed by atoms with Crippen LogP contribution in [0.25, 0.3) is 0 Å². The van der Waals surface area contributed by atoms with Crippen LogP contribution < -0.4 is 25.0 Å². The summed E-state index contributed by atoms with van der Waals surface area (Å²) in [5, 5.41) is 5.56. The molecule has 0 aliphatic carbocycles. The lowest BCUT2D eigenvalue weighted by Crippen LogP contribution is -2.55. The van der Waals surface area contributed by atoms with Crippen molar-refractivity contribution >= 4 is 17.5 Å². The molecule has 36 heavy (non-hydrogen) atoms. The Morgan fingerprint density at radius 1 is 1.19 bits per heavy atom. The number of halogens is 1. The highest BCUT2D eigenvalue weighted by Crippen LogP contribution is 2.32. The fourth-order valence-corrected chi connectivity index (χ4v) is 3.75. The molecule has 2 amide bonds. The van der Waals surface area contributed by atoms with E-state index in [9.17, 15) is 14.0 Å². The number of aromatic nitrogens is 1. The summed E-state index contributed by atoms with van der Waals surface area (Å²) in [5.41, 5.74) is -0.385. The Labute approximate surface area is 207 Å². The molecule has 2 aliphatic heterocycles. The first-order valence-corrected chi connectivity index (χ1v) is 11.4. The molecule has 2 aliphatic rings. The third-order valence-corrected chi connectivity index (χ3v) is 5.84. The molecule has 2 N–H and O–H groups in total. The Morgan fingerprint density at radius 3 is 2.75 bits per heavy atom. The molecular weight excluding hydrogens is 463 g/mol. The summed E-state index contributed by atoms with van der Waals surface area (Å²) in [6, 6.07) is 16.4. The van der Waals surface area contributed by atoms with Crippen LogP contribution in [-0.2, 0) is 4.79 Å². The Kier molecular flexibility index (Phi) is 6.27. The van der Waals surface area contributed by atoms with Crippen LogP contribution >= 0.6 is 0 Å². The number of rotatable bonds is 4. The quantitative estimate of drug-likeness (QED) is 0.551. The van der Waals surface area contributed by atoms with E-state index in [2.05, 4.69) is 27.5 Å². The first-order chi connectivity index (χ1) is 17.4. The minimum atomic E-state index is -1.53. The van der Waals surface area contributed by atoms with Gasteiger partial charge < -0.3 is 25.0 Å². The van der Waals surface area contributed by atoms with Crippen molar-refractivity contribution in [1.82, 2.24) is 15.6 Å². The molecule has 182 valence electrons. The molecular formula is C27H23FN4O4. The van der Waals surface area contributed by atoms with E-state index >= 15 is 0 Å². The van der Waals surface area contributed by atoms with E-state index in [1.54, 1.807) is 43.4 Å². The van der Waals surface area contributed by atoms with Crippen molar-refractivity contribution in [2.24, 2.45) is 0 Å². The largest absolute Gasteiger partial charge is 0.489 e. The van der Waals surface area contributed by atoms with Crippen LogP contribution in [-0.4, -0.2) is 55.3 Å². The van der Waals surface area contributed by atoms with Gasteiger partial charge in [0.05, 0.1) is 5.69 Å². The van der Waals surface area contributed by atoms with Crippen molar-refractivity contribution in [2.75, 3.05) is 31.6 Å². The number of benzene rings is 2. The van der Waals surface area contributed by atoms with E-state index in [0.717, 1.165) is 0 Å². The molecule has 0 bridgehead atoms. The van der Waals surface area contributed by atoms with Gasteiger partial charge in [-0.25, -0.2) is 4.39 Å². The second kappa shape index (κ2) is 9.68. The fraction of sp³-hybridized carbons (Fsp3) is 0.222. The second-order valence-corrected chi connectivity index (χ2v) is 8.53. The van der Waals surface area contributed by atoms with Crippen molar-refractivity contribution in [3.63, 3.8) is 0 Å². The highest BCUT2D eigenvalue weighted by atomic mass is 19.1. The summed E-state index contributed by atoms with van der Waals surface area (Å²) in [4.78, 5) is 31.6. The Hall–Kier alpha value is -4.42. The molecule has 0 spiro atoms. The lowest BCUT2D eigenvalue weighted by Gasteiger charge is -2.29. The summed E-state index contributed by atoms with van der Waals surface area (Å²) in [6.07, 6.45) is 1.46. The number of carbonyl (C=O) groups excluding carboxylic acids is 2. The Balaban J connectivity index is 1.29. The summed E-state index contributed by atoms with van der Waals surface area (Å²) in [6.45, 7) is 0.334. The van der Waals surface area contributed by atoms with E-state index in [1.807, 2.05) is 18.2 Å². The Morgan fingerprint density at radius 2 is 2.00 bits per heavy atom. The van der Waals surface area contributed by atoms with Crippen LogP contribution in [0.4, 0.5) is 10.1 Å². The molecule has 0 radical (unpaired) electrons. The van der Waals surface area contributed by atoms with Gasteiger partial charge >= 0.3 is 0 Å². The van der Waals surface area contributed by atoms with Gasteiger partial charge in [-0.2, -0.15) is 0 Å². The zero-order chi connectivity index (χ0) is 25.1. The number of hydrogen-bond donors (Lipinski definition) is 2. The fourth-order valence-electron chi connectivity index (χ4n) is 3.75. The summed E-state index contributed by atoms with van der Waals surface area (Å²) >= 11 is 0. The molecule has 8 nitrogen and oxygen atoms in total. The molecule has 0 unspecified atom stereocenters. The molecule has 1 fully saturated rings. The number of likely N-dealkylation sites (N-methyl/N-ethyl adjacent to an activating group) is 1. The van der Waals surface area contributed by atoms with Crippen molar-refractivity contribution in [1.29, 1.82) is 0 Å². The number of ether oxygens (including phenoxy) is 2. The molecule has 3 heterocycles. The average Bonchev–Trinajstić information content (AvgIpc) is 2.99. The third kappa shape index (κ3) is 4.99. The number of anilines is 1. The number of para-hydroxylation sites is 1. The standard InChI is InChI=1S/C27H23FN4O4/c1-32-23-13-18(9-11-27(28)16-29-17-27)7-8-24(23)35-15-22(26(32)34)31-25(33)21-14-20(10-12-30-21)36-19-5-3-2-4-6-19/h2-8,10,12-14,22,29H,15-17H2,1H3,(H,31,33)/t22-/m0/s1. The zero-order valence-corrected chi connectivity index (χ0v) is 19.5. The molecule has 2 aromatic carbocycles. The van der Waals surface area contributed by atoms with Crippen LogP contribution in [0.15, 0.2) is 66.9 Å². The van der Waals surface area contributed by atoms with Crippen molar-refractivity contribution in [3.05, 3.63) is 78.1 Å². The number of hydrogen-bond acceptors (Lipinski definition) is 6. The highest BCUT2D eigenvalue weighted by Gasteiger charge is 2.35. The van der Waals surface area contributed by atoms with Gasteiger partial charge in [-0.1, -0.05) is 30.0 Å². The molecule has 0 saturated carbocycles. The first kappa shape index (κ1) is 23.3. The van der Waals surface area contributed by atoms with Crippen LogP contribution in [0.1, 0.15) is 16.1 Å². The van der Waals surface area contributed by atoms with Crippen molar-refractivity contribution < 1.29 is 23.5 Å². The molecule has 9 heteroatoms. The van der Waals surface area contributed by atoms with Gasteiger partial charge in [0, 0.05) is 38.0 Å². The van der Waals surface area contributed by atoms with Crippen molar-refractivity contribution in [3.8, 4) is 29.1 Å². The van der Waals surface area contributed by atoms with Gasteiger partial charge in [-0.15, -0.1) is 0 Å². The SMILES string of the molecule is CN1C(=O)[C@@H](NC(=O)c2cc(Oc3ccccc3)ccn2)COc2ccc(C#CC3(F)CNC3)cc21. The number of alkyl halides is 1. The predicted molar refractivity (Wildman–Crippen MR) is 131 cm³/mol. The second-order valence-electron chi connectivity index (χ2n) is 8.53. The zero-order valence-electron chi connectivity index (χ0n) is 19.5. The number of fused-ring (bicyclic) bond motifs is 1. The first-order valence-electron chi connectivity index (χ1n) is 11.4. The lowest BCUT2D eigenvalue weighted by molar-refractivity contribution is -0.120. The van der Waals surface area contributed by atoms with E-state index in [0.29, 0.717) is 28.5 Å². The van der Waals surface area contributed by atoms with Gasteiger partial charge in [0.2, 0.25) is 0 Å². The van der Waals surface area contributed by atoms with Crippen molar-refractivity contribution in [2.45, 2.75) is 11.7 Å². The monoisotopic (exact) mass is 486 g/mol. The van der Waals surface area contributed by atoms with E-state index in [4.69, 9.17) is 9.47 Å². The smallest absolute Gasteiger partial charge is 0.270 e. The summed E-state index contributed by atoms with van der Waals surface area (Å²) in [5.74, 6) is 6.09. The number of nitrogens with one attached hydrogen (secondary N) is 2. The van der Waals surface area contributed by atoms with Gasteiger partial charge in [0.1, 0.15) is 35.6 Å². The van der Waals surface area contributed by atoms with E-state index < -0.39 is 17.6 Å². The lowest BCUT2D eigenvalue weighted by atomic mass is 10.00. The number of carbonyl (C=O) groups is 2. The maximum Gasteiger partial charge on any atom is 0.270 e. The number of pyridine rings is 1. The predicted octanol–water partition coefficient (Wildman–Crippen LogP) is 2.69. The Bertz CT molecular complexity index is 1360. The number of nitrogens with zero attached hydrogens (tertiary/aromatic N) is 2. The summed E-state index contributed by atoms with van der Waals surface area (Å²) in [7, 11) is 1.59. The molecule has 1 aromatic heterocycles.